The summed E-state index contributed by atoms with van der Waals surface area (Å²) >= 11 is 5.67. The smallest absolute Gasteiger partial charge is 0.248 e. The zero-order chi connectivity index (χ0) is 16.9. The molecule has 3 rings (SSSR count). The van der Waals surface area contributed by atoms with E-state index in [-0.39, 0.29) is 10.7 Å². The van der Waals surface area contributed by atoms with Crippen molar-refractivity contribution in [1.29, 1.82) is 0 Å². The van der Waals surface area contributed by atoms with Crippen LogP contribution < -0.4 is 5.32 Å². The van der Waals surface area contributed by atoms with Gasteiger partial charge in [-0.1, -0.05) is 29.8 Å². The van der Waals surface area contributed by atoms with Crippen molar-refractivity contribution in [3.8, 4) is 5.69 Å². The average Bonchev–Trinajstić information content (AvgIpc) is 3.05. The summed E-state index contributed by atoms with van der Waals surface area (Å²) in [6.07, 6.45) is 6.36. The molecular formula is C18H13ClFN3O. The van der Waals surface area contributed by atoms with Crippen LogP contribution in [0.4, 0.5) is 10.1 Å². The number of rotatable bonds is 4. The summed E-state index contributed by atoms with van der Waals surface area (Å²) in [6.45, 7) is 0. The number of nitrogens with zero attached hydrogens (tertiary/aromatic N) is 2. The van der Waals surface area contributed by atoms with Gasteiger partial charge in [0.1, 0.15) is 5.82 Å². The zero-order valence-corrected chi connectivity index (χ0v) is 13.2. The van der Waals surface area contributed by atoms with E-state index in [1.807, 2.05) is 30.3 Å². The van der Waals surface area contributed by atoms with Crippen LogP contribution >= 0.6 is 11.6 Å². The number of anilines is 1. The van der Waals surface area contributed by atoms with Gasteiger partial charge in [-0.05, 0) is 36.4 Å². The maximum Gasteiger partial charge on any atom is 0.248 e. The van der Waals surface area contributed by atoms with Crippen LogP contribution in [0.15, 0.2) is 67.0 Å². The van der Waals surface area contributed by atoms with E-state index in [4.69, 9.17) is 11.6 Å². The van der Waals surface area contributed by atoms with Crippen LogP contribution in [0.2, 0.25) is 5.02 Å². The highest BCUT2D eigenvalue weighted by Crippen LogP contribution is 2.19. The van der Waals surface area contributed by atoms with Crippen molar-refractivity contribution in [2.24, 2.45) is 0 Å². The minimum Gasteiger partial charge on any atom is -0.320 e. The van der Waals surface area contributed by atoms with E-state index in [2.05, 4.69) is 10.4 Å². The summed E-state index contributed by atoms with van der Waals surface area (Å²) in [5.41, 5.74) is 1.75. The molecule has 0 saturated carbocycles. The number of para-hydroxylation sites is 1. The Labute approximate surface area is 143 Å². The van der Waals surface area contributed by atoms with Crippen LogP contribution in [-0.4, -0.2) is 15.7 Å². The first kappa shape index (κ1) is 16.0. The highest BCUT2D eigenvalue weighted by Gasteiger charge is 2.05. The fourth-order valence-corrected chi connectivity index (χ4v) is 2.24. The van der Waals surface area contributed by atoms with Crippen molar-refractivity contribution in [3.63, 3.8) is 0 Å². The molecule has 24 heavy (non-hydrogen) atoms. The molecule has 1 aromatic heterocycles. The normalized spacial score (nSPS) is 10.9. The Balaban J connectivity index is 1.67. The van der Waals surface area contributed by atoms with Crippen molar-refractivity contribution in [2.75, 3.05) is 5.32 Å². The second-order valence-electron chi connectivity index (χ2n) is 5.00. The molecular weight excluding hydrogens is 329 g/mol. The minimum absolute atomic E-state index is 0.0778. The lowest BCUT2D eigenvalue weighted by molar-refractivity contribution is -0.111. The summed E-state index contributed by atoms with van der Waals surface area (Å²) in [7, 11) is 0. The molecule has 0 saturated heterocycles. The molecule has 2 aromatic carbocycles. The van der Waals surface area contributed by atoms with E-state index in [0.29, 0.717) is 0 Å². The van der Waals surface area contributed by atoms with Gasteiger partial charge in [0.05, 0.1) is 17.6 Å². The summed E-state index contributed by atoms with van der Waals surface area (Å²) in [5, 5.41) is 6.96. The first-order valence-electron chi connectivity index (χ1n) is 7.16. The Morgan fingerprint density at radius 3 is 2.75 bits per heavy atom. The molecule has 3 aromatic rings. The lowest BCUT2D eigenvalue weighted by atomic mass is 10.3. The monoisotopic (exact) mass is 341 g/mol. The number of benzene rings is 2. The summed E-state index contributed by atoms with van der Waals surface area (Å²) < 4.78 is 15.3. The molecule has 4 nitrogen and oxygen atoms in total. The topological polar surface area (TPSA) is 46.9 Å². The van der Waals surface area contributed by atoms with Gasteiger partial charge in [-0.2, -0.15) is 5.10 Å². The molecule has 0 unspecified atom stereocenters. The second kappa shape index (κ2) is 7.10. The number of hydrogen-bond donors (Lipinski definition) is 1. The van der Waals surface area contributed by atoms with E-state index in [1.165, 1.54) is 18.2 Å². The van der Waals surface area contributed by atoms with Crippen LogP contribution in [0.25, 0.3) is 11.8 Å². The number of halogens is 2. The molecule has 0 spiro atoms. The van der Waals surface area contributed by atoms with E-state index in [1.54, 1.807) is 23.2 Å². The second-order valence-corrected chi connectivity index (χ2v) is 5.44. The molecule has 0 radical (unpaired) electrons. The van der Waals surface area contributed by atoms with Crippen molar-refractivity contribution in [3.05, 3.63) is 83.4 Å². The molecule has 120 valence electrons. The molecule has 1 amide bonds. The van der Waals surface area contributed by atoms with Gasteiger partial charge in [-0.25, -0.2) is 9.07 Å². The maximum absolute atomic E-state index is 13.6. The lowest BCUT2D eigenvalue weighted by Gasteiger charge is -2.03. The van der Waals surface area contributed by atoms with E-state index in [9.17, 15) is 9.18 Å². The average molecular weight is 342 g/mol. The first-order chi connectivity index (χ1) is 11.6. The highest BCUT2D eigenvalue weighted by atomic mass is 35.5. The van der Waals surface area contributed by atoms with Gasteiger partial charge in [-0.15, -0.1) is 0 Å². The summed E-state index contributed by atoms with van der Waals surface area (Å²) in [4.78, 5) is 11.9. The lowest BCUT2D eigenvalue weighted by Crippen LogP contribution is -2.09. The predicted molar refractivity (Wildman–Crippen MR) is 92.6 cm³/mol. The van der Waals surface area contributed by atoms with Gasteiger partial charge in [0.2, 0.25) is 5.91 Å². The molecule has 0 fully saturated rings. The summed E-state index contributed by atoms with van der Waals surface area (Å²) in [5.74, 6) is -1.02. The number of nitrogens with one attached hydrogen (secondary N) is 1. The number of carbonyl (C=O) groups is 1. The summed E-state index contributed by atoms with van der Waals surface area (Å²) in [6, 6.07) is 13.7. The number of carbonyl (C=O) groups excluding carboxylic acids is 1. The van der Waals surface area contributed by atoms with Crippen LogP contribution in [-0.2, 0) is 4.79 Å². The van der Waals surface area contributed by atoms with Gasteiger partial charge in [0.15, 0.2) is 0 Å². The maximum atomic E-state index is 13.6. The van der Waals surface area contributed by atoms with Gasteiger partial charge in [0, 0.05) is 22.9 Å². The Bertz CT molecular complexity index is 890. The van der Waals surface area contributed by atoms with E-state index >= 15 is 0 Å². The molecule has 0 aliphatic carbocycles. The highest BCUT2D eigenvalue weighted by molar-refractivity contribution is 6.30. The quantitative estimate of drug-likeness (QED) is 0.718. The fraction of sp³-hybridized carbons (Fsp3) is 0. The fourth-order valence-electron chi connectivity index (χ4n) is 2.08. The molecule has 0 bridgehead atoms. The van der Waals surface area contributed by atoms with Crippen LogP contribution in [0.3, 0.4) is 0 Å². The standard InChI is InChI=1S/C18H13ClFN3O/c19-14-7-8-17(16(20)10-14)22-18(24)9-6-13-11-21-23(12-13)15-4-2-1-3-5-15/h1-12H,(H,22,24)/b9-6+. The Hall–Kier alpha value is -2.92. The van der Waals surface area contributed by atoms with Gasteiger partial charge < -0.3 is 5.32 Å². The Morgan fingerprint density at radius 2 is 2.00 bits per heavy atom. The molecule has 0 aliphatic rings. The third kappa shape index (κ3) is 3.88. The number of hydrogen-bond acceptors (Lipinski definition) is 2. The van der Waals surface area contributed by atoms with Crippen LogP contribution in [0.1, 0.15) is 5.56 Å². The van der Waals surface area contributed by atoms with Crippen molar-refractivity contribution in [1.82, 2.24) is 9.78 Å². The van der Waals surface area contributed by atoms with Gasteiger partial charge in [-0.3, -0.25) is 4.79 Å². The van der Waals surface area contributed by atoms with E-state index < -0.39 is 11.7 Å². The van der Waals surface area contributed by atoms with Crippen molar-refractivity contribution >= 4 is 29.3 Å². The largest absolute Gasteiger partial charge is 0.320 e. The van der Waals surface area contributed by atoms with Gasteiger partial charge in [0.25, 0.3) is 0 Å². The third-order valence-corrected chi connectivity index (χ3v) is 3.47. The van der Waals surface area contributed by atoms with Crippen LogP contribution in [0, 0.1) is 5.82 Å². The molecule has 6 heteroatoms. The first-order valence-corrected chi connectivity index (χ1v) is 7.54. The van der Waals surface area contributed by atoms with Crippen molar-refractivity contribution in [2.45, 2.75) is 0 Å². The number of aromatic nitrogens is 2. The predicted octanol–water partition coefficient (Wildman–Crippen LogP) is 4.32. The molecule has 1 heterocycles. The molecule has 0 aliphatic heterocycles. The van der Waals surface area contributed by atoms with E-state index in [0.717, 1.165) is 17.3 Å². The van der Waals surface area contributed by atoms with Gasteiger partial charge >= 0.3 is 0 Å². The number of amides is 1. The third-order valence-electron chi connectivity index (χ3n) is 3.24. The molecule has 0 atom stereocenters. The Kier molecular flexibility index (Phi) is 4.72. The molecule has 1 N–H and O–H groups in total. The SMILES string of the molecule is O=C(/C=C/c1cnn(-c2ccccc2)c1)Nc1ccc(Cl)cc1F. The zero-order valence-electron chi connectivity index (χ0n) is 12.5. The van der Waals surface area contributed by atoms with Crippen LogP contribution in [0.5, 0.6) is 0 Å². The minimum atomic E-state index is -0.582. The van der Waals surface area contributed by atoms with Crippen molar-refractivity contribution < 1.29 is 9.18 Å². The Morgan fingerprint density at radius 1 is 1.21 bits per heavy atom.